The van der Waals surface area contributed by atoms with Gasteiger partial charge in [0.05, 0.1) is 0 Å². The number of aromatic amines is 1. The number of nitrogens with zero attached hydrogens (tertiary/aromatic N) is 4. The van der Waals surface area contributed by atoms with E-state index in [0.717, 1.165) is 53.3 Å². The number of imidazole rings is 1. The number of hydrogen-bond acceptors (Lipinski definition) is 6. The highest BCUT2D eigenvalue weighted by atomic mass is 32.2. The van der Waals surface area contributed by atoms with Gasteiger partial charge in [-0.05, 0) is 26.2 Å². The average Bonchev–Trinajstić information content (AvgIpc) is 3.26. The lowest BCUT2D eigenvalue weighted by atomic mass is 9.98. The van der Waals surface area contributed by atoms with E-state index in [4.69, 9.17) is 0 Å². The number of H-pyrrole nitrogens is 1. The highest BCUT2D eigenvalue weighted by molar-refractivity contribution is 8.01. The second kappa shape index (κ2) is 8.48. The molecule has 2 aromatic heterocycles. The maximum Gasteiger partial charge on any atom is 0.317 e. The molecule has 3 heterocycles. The van der Waals surface area contributed by atoms with Crippen LogP contribution in [-0.2, 0) is 0 Å². The van der Waals surface area contributed by atoms with E-state index in [0.29, 0.717) is 12.5 Å². The van der Waals surface area contributed by atoms with E-state index < -0.39 is 0 Å². The Morgan fingerprint density at radius 2 is 2.46 bits per heavy atom. The highest BCUT2D eigenvalue weighted by Gasteiger charge is 2.25. The minimum atomic E-state index is 0.0306. The normalized spacial score (nSPS) is 17.9. The molecule has 1 aliphatic rings. The van der Waals surface area contributed by atoms with Gasteiger partial charge in [-0.15, -0.1) is 10.2 Å². The van der Waals surface area contributed by atoms with Gasteiger partial charge in [-0.3, -0.25) is 0 Å². The number of carbonyl (C=O) groups excluding carboxylic acids is 1. The fourth-order valence-corrected chi connectivity index (χ4v) is 4.59. The van der Waals surface area contributed by atoms with Crippen LogP contribution in [0.25, 0.3) is 0 Å². The molecule has 9 heteroatoms. The van der Waals surface area contributed by atoms with Gasteiger partial charge in [0, 0.05) is 43.7 Å². The number of urea groups is 1. The summed E-state index contributed by atoms with van der Waals surface area (Å²) in [5.41, 5.74) is 0. The van der Waals surface area contributed by atoms with Crippen LogP contribution in [0.5, 0.6) is 0 Å². The van der Waals surface area contributed by atoms with Crippen LogP contribution in [0.4, 0.5) is 4.79 Å². The molecule has 0 aromatic carbocycles. The number of aromatic nitrogens is 4. The van der Waals surface area contributed by atoms with Gasteiger partial charge < -0.3 is 15.2 Å². The molecule has 0 aliphatic carbocycles. The standard InChI is InChI=1S/C15H22N6OS2/c1-11-19-20-15(24-11)23-9-3-5-18-14(22)21-8-2-4-12(10-21)13-16-6-7-17-13/h6-7,12H,2-5,8-10H2,1H3,(H,16,17)(H,18,22)/t12-/m0/s1. The van der Waals surface area contributed by atoms with E-state index in [1.807, 2.05) is 18.0 Å². The fourth-order valence-electron chi connectivity index (χ4n) is 2.76. The fraction of sp³-hybridized carbons (Fsp3) is 0.600. The Kier molecular flexibility index (Phi) is 6.08. The summed E-state index contributed by atoms with van der Waals surface area (Å²) in [5, 5.41) is 12.1. The molecule has 0 radical (unpaired) electrons. The van der Waals surface area contributed by atoms with Gasteiger partial charge in [-0.25, -0.2) is 9.78 Å². The van der Waals surface area contributed by atoms with E-state index in [2.05, 4.69) is 25.5 Å². The van der Waals surface area contributed by atoms with E-state index in [9.17, 15) is 4.79 Å². The molecule has 1 aliphatic heterocycles. The molecular formula is C15H22N6OS2. The first kappa shape index (κ1) is 17.2. The lowest BCUT2D eigenvalue weighted by molar-refractivity contribution is 0.178. The Bertz CT molecular complexity index is 644. The monoisotopic (exact) mass is 366 g/mol. The predicted molar refractivity (Wildman–Crippen MR) is 95.5 cm³/mol. The van der Waals surface area contributed by atoms with Gasteiger partial charge in [-0.1, -0.05) is 23.1 Å². The first-order chi connectivity index (χ1) is 11.7. The second-order valence-electron chi connectivity index (χ2n) is 5.78. The molecule has 1 saturated heterocycles. The molecule has 0 saturated carbocycles. The number of amides is 2. The molecule has 0 unspecified atom stereocenters. The summed E-state index contributed by atoms with van der Waals surface area (Å²) in [5.74, 6) is 2.23. The summed E-state index contributed by atoms with van der Waals surface area (Å²) in [6.45, 7) is 4.20. The van der Waals surface area contributed by atoms with Crippen molar-refractivity contribution in [1.29, 1.82) is 0 Å². The summed E-state index contributed by atoms with van der Waals surface area (Å²) in [7, 11) is 0. The Balaban J connectivity index is 1.35. The zero-order chi connectivity index (χ0) is 16.8. The number of piperidine rings is 1. The zero-order valence-corrected chi connectivity index (χ0v) is 15.3. The number of likely N-dealkylation sites (tertiary alicyclic amines) is 1. The van der Waals surface area contributed by atoms with Crippen LogP contribution < -0.4 is 5.32 Å². The number of thioether (sulfide) groups is 1. The van der Waals surface area contributed by atoms with Crippen LogP contribution in [0.15, 0.2) is 16.7 Å². The third kappa shape index (κ3) is 4.70. The van der Waals surface area contributed by atoms with Crippen molar-refractivity contribution in [3.63, 3.8) is 0 Å². The van der Waals surface area contributed by atoms with Crippen molar-refractivity contribution in [2.24, 2.45) is 0 Å². The summed E-state index contributed by atoms with van der Waals surface area (Å²) in [6.07, 6.45) is 6.63. The molecule has 2 N–H and O–H groups in total. The van der Waals surface area contributed by atoms with Crippen LogP contribution in [0.2, 0.25) is 0 Å². The largest absolute Gasteiger partial charge is 0.348 e. The van der Waals surface area contributed by atoms with Crippen molar-refractivity contribution in [2.75, 3.05) is 25.4 Å². The minimum absolute atomic E-state index is 0.0306. The lowest BCUT2D eigenvalue weighted by Gasteiger charge is -2.31. The summed E-state index contributed by atoms with van der Waals surface area (Å²) in [6, 6.07) is 0.0306. The lowest BCUT2D eigenvalue weighted by Crippen LogP contribution is -2.45. The number of nitrogens with one attached hydrogen (secondary N) is 2. The Morgan fingerprint density at radius 1 is 1.54 bits per heavy atom. The highest BCUT2D eigenvalue weighted by Crippen LogP contribution is 2.24. The third-order valence-corrected chi connectivity index (χ3v) is 6.00. The van der Waals surface area contributed by atoms with Gasteiger partial charge in [0.1, 0.15) is 10.8 Å². The van der Waals surface area contributed by atoms with Gasteiger partial charge >= 0.3 is 6.03 Å². The third-order valence-electron chi connectivity index (χ3n) is 3.95. The molecule has 1 fully saturated rings. The van der Waals surface area contributed by atoms with Gasteiger partial charge in [0.25, 0.3) is 0 Å². The molecule has 24 heavy (non-hydrogen) atoms. The summed E-state index contributed by atoms with van der Waals surface area (Å²) >= 11 is 3.30. The van der Waals surface area contributed by atoms with E-state index in [1.54, 1.807) is 29.3 Å². The maximum atomic E-state index is 12.3. The number of aryl methyl sites for hydroxylation is 1. The smallest absolute Gasteiger partial charge is 0.317 e. The molecule has 2 amide bonds. The van der Waals surface area contributed by atoms with Gasteiger partial charge in [0.15, 0.2) is 4.34 Å². The van der Waals surface area contributed by atoms with Crippen molar-refractivity contribution in [3.8, 4) is 0 Å². The van der Waals surface area contributed by atoms with Gasteiger partial charge in [-0.2, -0.15) is 0 Å². The molecule has 0 spiro atoms. The van der Waals surface area contributed by atoms with Crippen molar-refractivity contribution < 1.29 is 4.79 Å². The Morgan fingerprint density at radius 3 is 3.21 bits per heavy atom. The second-order valence-corrected chi connectivity index (χ2v) is 8.30. The quantitative estimate of drug-likeness (QED) is 0.606. The minimum Gasteiger partial charge on any atom is -0.348 e. The Labute approximate surface area is 149 Å². The van der Waals surface area contributed by atoms with Crippen LogP contribution >= 0.6 is 23.1 Å². The Hall–Kier alpha value is -1.61. The van der Waals surface area contributed by atoms with Crippen molar-refractivity contribution in [1.82, 2.24) is 30.4 Å². The predicted octanol–water partition coefficient (Wildman–Crippen LogP) is 2.64. The maximum absolute atomic E-state index is 12.3. The van der Waals surface area contributed by atoms with E-state index in [1.165, 1.54) is 0 Å². The molecular weight excluding hydrogens is 344 g/mol. The van der Waals surface area contributed by atoms with Crippen LogP contribution in [-0.4, -0.2) is 56.5 Å². The van der Waals surface area contributed by atoms with Crippen molar-refractivity contribution >= 4 is 29.1 Å². The first-order valence-electron chi connectivity index (χ1n) is 8.17. The summed E-state index contributed by atoms with van der Waals surface area (Å²) in [4.78, 5) is 21.7. The molecule has 2 aromatic rings. The van der Waals surface area contributed by atoms with E-state index >= 15 is 0 Å². The number of rotatable bonds is 6. The molecule has 130 valence electrons. The number of carbonyl (C=O) groups is 1. The molecule has 1 atom stereocenters. The first-order valence-corrected chi connectivity index (χ1v) is 9.97. The number of hydrogen-bond donors (Lipinski definition) is 2. The summed E-state index contributed by atoms with van der Waals surface area (Å²) < 4.78 is 0.996. The van der Waals surface area contributed by atoms with Crippen LogP contribution in [0, 0.1) is 6.92 Å². The van der Waals surface area contributed by atoms with Crippen molar-refractivity contribution in [3.05, 3.63) is 23.2 Å². The molecule has 7 nitrogen and oxygen atoms in total. The topological polar surface area (TPSA) is 86.8 Å². The molecule has 3 rings (SSSR count). The SMILES string of the molecule is Cc1nnc(SCCCNC(=O)N2CCC[C@H](c3ncc[nH]3)C2)s1. The van der Waals surface area contributed by atoms with E-state index in [-0.39, 0.29) is 6.03 Å². The zero-order valence-electron chi connectivity index (χ0n) is 13.7. The average molecular weight is 367 g/mol. The van der Waals surface area contributed by atoms with Crippen LogP contribution in [0.1, 0.15) is 36.0 Å². The van der Waals surface area contributed by atoms with Crippen molar-refractivity contribution in [2.45, 2.75) is 36.4 Å². The van der Waals surface area contributed by atoms with Gasteiger partial charge in [0.2, 0.25) is 0 Å². The van der Waals surface area contributed by atoms with Crippen LogP contribution in [0.3, 0.4) is 0 Å². The molecule has 0 bridgehead atoms.